The third-order valence-corrected chi connectivity index (χ3v) is 2.12. The summed E-state index contributed by atoms with van der Waals surface area (Å²) in [5, 5.41) is 8.44. The quantitative estimate of drug-likeness (QED) is 0.572. The molecule has 0 aromatic rings. The molecular formula is C10H21NO2. The maximum absolute atomic E-state index is 10.3. The van der Waals surface area contributed by atoms with E-state index >= 15 is 0 Å². The molecule has 0 aromatic heterocycles. The van der Waals surface area contributed by atoms with Gasteiger partial charge >= 0.3 is 5.97 Å². The van der Waals surface area contributed by atoms with E-state index in [-0.39, 0.29) is 12.5 Å². The number of carboxylic acid groups (broad SMARTS) is 1. The Hall–Kier alpha value is -0.570. The largest absolute Gasteiger partial charge is 0.481 e. The lowest BCUT2D eigenvalue weighted by atomic mass is 10.1. The fourth-order valence-corrected chi connectivity index (χ4v) is 1.34. The molecule has 0 aliphatic rings. The van der Waals surface area contributed by atoms with Crippen molar-refractivity contribution in [3.05, 3.63) is 0 Å². The van der Waals surface area contributed by atoms with E-state index in [0.717, 1.165) is 12.8 Å². The van der Waals surface area contributed by atoms with E-state index < -0.39 is 5.97 Å². The average molecular weight is 187 g/mol. The Balaban J connectivity index is 3.17. The van der Waals surface area contributed by atoms with Crippen LogP contribution in [0.25, 0.3) is 0 Å². The number of unbranched alkanes of at least 4 members (excludes halogenated alkanes) is 4. The summed E-state index contributed by atoms with van der Waals surface area (Å²) in [6.07, 6.45) is 6.95. The SMILES string of the molecule is CCCCCCC[C@@H](N)CC(=O)O. The van der Waals surface area contributed by atoms with Crippen LogP contribution in [-0.2, 0) is 4.79 Å². The number of aliphatic carboxylic acids is 1. The molecule has 0 fully saturated rings. The molecule has 3 heteroatoms. The van der Waals surface area contributed by atoms with E-state index in [2.05, 4.69) is 6.92 Å². The molecule has 0 amide bonds. The normalized spacial score (nSPS) is 12.8. The zero-order valence-corrected chi connectivity index (χ0v) is 8.46. The van der Waals surface area contributed by atoms with Crippen molar-refractivity contribution in [3.8, 4) is 0 Å². The highest BCUT2D eigenvalue weighted by molar-refractivity contribution is 5.67. The molecule has 0 spiro atoms. The lowest BCUT2D eigenvalue weighted by molar-refractivity contribution is -0.137. The van der Waals surface area contributed by atoms with Crippen LogP contribution in [0.4, 0.5) is 0 Å². The molecule has 0 aliphatic carbocycles. The van der Waals surface area contributed by atoms with Gasteiger partial charge in [-0.2, -0.15) is 0 Å². The monoisotopic (exact) mass is 187 g/mol. The maximum atomic E-state index is 10.3. The van der Waals surface area contributed by atoms with Crippen LogP contribution in [-0.4, -0.2) is 17.1 Å². The minimum absolute atomic E-state index is 0.105. The highest BCUT2D eigenvalue weighted by Crippen LogP contribution is 2.07. The first-order valence-corrected chi connectivity index (χ1v) is 5.14. The number of hydrogen-bond donors (Lipinski definition) is 2. The first kappa shape index (κ1) is 12.4. The van der Waals surface area contributed by atoms with Crippen LogP contribution in [0.1, 0.15) is 51.9 Å². The zero-order chi connectivity index (χ0) is 10.1. The standard InChI is InChI=1S/C10H21NO2/c1-2-3-4-5-6-7-9(11)8-10(12)13/h9H,2-8,11H2,1H3,(H,12,13)/t9-/m1/s1. The predicted molar refractivity (Wildman–Crippen MR) is 53.6 cm³/mol. The van der Waals surface area contributed by atoms with Crippen molar-refractivity contribution in [2.75, 3.05) is 0 Å². The van der Waals surface area contributed by atoms with E-state index in [0.29, 0.717) is 0 Å². The Bertz CT molecular complexity index is 137. The third kappa shape index (κ3) is 9.34. The minimum Gasteiger partial charge on any atom is -0.481 e. The molecule has 0 aliphatic heterocycles. The molecule has 1 atom stereocenters. The zero-order valence-electron chi connectivity index (χ0n) is 8.46. The fraction of sp³-hybridized carbons (Fsp3) is 0.900. The van der Waals surface area contributed by atoms with Crippen LogP contribution in [0.3, 0.4) is 0 Å². The van der Waals surface area contributed by atoms with Gasteiger partial charge in [0.05, 0.1) is 6.42 Å². The lowest BCUT2D eigenvalue weighted by Gasteiger charge is -2.07. The van der Waals surface area contributed by atoms with Crippen LogP contribution in [0, 0.1) is 0 Å². The molecule has 0 unspecified atom stereocenters. The van der Waals surface area contributed by atoms with Gasteiger partial charge in [-0.05, 0) is 6.42 Å². The van der Waals surface area contributed by atoms with Crippen molar-refractivity contribution in [2.45, 2.75) is 57.9 Å². The summed E-state index contributed by atoms with van der Waals surface area (Å²) in [5.74, 6) is -0.791. The topological polar surface area (TPSA) is 63.3 Å². The Kier molecular flexibility index (Phi) is 7.69. The van der Waals surface area contributed by atoms with E-state index in [9.17, 15) is 4.79 Å². The summed E-state index contributed by atoms with van der Waals surface area (Å²) in [4.78, 5) is 10.3. The summed E-state index contributed by atoms with van der Waals surface area (Å²) in [7, 11) is 0. The first-order chi connectivity index (χ1) is 6.16. The van der Waals surface area contributed by atoms with Crippen molar-refractivity contribution in [1.82, 2.24) is 0 Å². The highest BCUT2D eigenvalue weighted by atomic mass is 16.4. The van der Waals surface area contributed by atoms with Gasteiger partial charge in [0.15, 0.2) is 0 Å². The summed E-state index contributed by atoms with van der Waals surface area (Å²) in [5.41, 5.74) is 5.61. The molecule has 0 saturated carbocycles. The second-order valence-electron chi connectivity index (χ2n) is 3.56. The van der Waals surface area contributed by atoms with Gasteiger partial charge in [0.25, 0.3) is 0 Å². The fourth-order valence-electron chi connectivity index (χ4n) is 1.34. The van der Waals surface area contributed by atoms with Crippen LogP contribution in [0.5, 0.6) is 0 Å². The van der Waals surface area contributed by atoms with Gasteiger partial charge in [-0.3, -0.25) is 4.79 Å². The van der Waals surface area contributed by atoms with Crippen LogP contribution in [0.15, 0.2) is 0 Å². The molecule has 0 heterocycles. The van der Waals surface area contributed by atoms with E-state index in [1.54, 1.807) is 0 Å². The van der Waals surface area contributed by atoms with E-state index in [1.807, 2.05) is 0 Å². The molecule has 3 N–H and O–H groups in total. The minimum atomic E-state index is -0.791. The van der Waals surface area contributed by atoms with Gasteiger partial charge in [-0.1, -0.05) is 39.0 Å². The van der Waals surface area contributed by atoms with Gasteiger partial charge in [-0.25, -0.2) is 0 Å². The van der Waals surface area contributed by atoms with Gasteiger partial charge in [-0.15, -0.1) is 0 Å². The number of hydrogen-bond acceptors (Lipinski definition) is 2. The highest BCUT2D eigenvalue weighted by Gasteiger charge is 2.06. The Morgan fingerprint density at radius 3 is 2.46 bits per heavy atom. The van der Waals surface area contributed by atoms with Crippen molar-refractivity contribution in [1.29, 1.82) is 0 Å². The number of carboxylic acids is 1. The van der Waals surface area contributed by atoms with E-state index in [1.165, 1.54) is 25.7 Å². The molecule has 78 valence electrons. The summed E-state index contributed by atoms with van der Waals surface area (Å²) < 4.78 is 0. The summed E-state index contributed by atoms with van der Waals surface area (Å²) in [6.45, 7) is 2.18. The Labute approximate surface area is 80.3 Å². The number of rotatable bonds is 8. The van der Waals surface area contributed by atoms with Crippen molar-refractivity contribution in [3.63, 3.8) is 0 Å². The molecule has 0 bridgehead atoms. The van der Waals surface area contributed by atoms with Crippen LogP contribution >= 0.6 is 0 Å². The average Bonchev–Trinajstić information content (AvgIpc) is 2.02. The van der Waals surface area contributed by atoms with Gasteiger partial charge in [0.1, 0.15) is 0 Å². The maximum Gasteiger partial charge on any atom is 0.304 e. The van der Waals surface area contributed by atoms with Crippen molar-refractivity contribution >= 4 is 5.97 Å². The molecule has 3 nitrogen and oxygen atoms in total. The third-order valence-electron chi connectivity index (χ3n) is 2.12. The van der Waals surface area contributed by atoms with Gasteiger partial charge in [0, 0.05) is 6.04 Å². The Morgan fingerprint density at radius 2 is 1.92 bits per heavy atom. The number of carbonyl (C=O) groups is 1. The molecule has 0 radical (unpaired) electrons. The lowest BCUT2D eigenvalue weighted by Crippen LogP contribution is -2.23. The number of nitrogens with two attached hydrogens (primary N) is 1. The second kappa shape index (κ2) is 8.05. The van der Waals surface area contributed by atoms with Crippen molar-refractivity contribution < 1.29 is 9.90 Å². The molecule has 0 saturated heterocycles. The van der Waals surface area contributed by atoms with Crippen LogP contribution in [0.2, 0.25) is 0 Å². The summed E-state index contributed by atoms with van der Waals surface area (Å²) >= 11 is 0. The predicted octanol–water partition coefficient (Wildman–Crippen LogP) is 2.15. The Morgan fingerprint density at radius 1 is 1.31 bits per heavy atom. The summed E-state index contributed by atoms with van der Waals surface area (Å²) in [6, 6.07) is -0.154. The van der Waals surface area contributed by atoms with Gasteiger partial charge < -0.3 is 10.8 Å². The molecule has 0 aromatic carbocycles. The van der Waals surface area contributed by atoms with Crippen molar-refractivity contribution in [2.24, 2.45) is 5.73 Å². The van der Waals surface area contributed by atoms with E-state index in [4.69, 9.17) is 10.8 Å². The molecular weight excluding hydrogens is 166 g/mol. The smallest absolute Gasteiger partial charge is 0.304 e. The molecule has 13 heavy (non-hydrogen) atoms. The first-order valence-electron chi connectivity index (χ1n) is 5.14. The second-order valence-corrected chi connectivity index (χ2v) is 3.56. The van der Waals surface area contributed by atoms with Crippen LogP contribution < -0.4 is 5.73 Å². The molecule has 0 rings (SSSR count). The van der Waals surface area contributed by atoms with Gasteiger partial charge in [0.2, 0.25) is 0 Å².